The summed E-state index contributed by atoms with van der Waals surface area (Å²) in [5, 5.41) is 0. The molecule has 0 N–H and O–H groups in total. The molecule has 1 aromatic rings. The van der Waals surface area contributed by atoms with Crippen molar-refractivity contribution >= 4 is 20.6 Å². The van der Waals surface area contributed by atoms with E-state index in [9.17, 15) is 0 Å². The zero-order valence-electron chi connectivity index (χ0n) is 5.63. The molecule has 0 amide bonds. The average molecular weight is 242 g/mol. The molecule has 0 fully saturated rings. The van der Waals surface area contributed by atoms with E-state index >= 15 is 0 Å². The Balaban J connectivity index is 2.42. The van der Waals surface area contributed by atoms with Crippen LogP contribution in [0, 0.1) is 0 Å². The molecule has 1 heterocycles. The normalized spacial score (nSPS) is 15.7. The Morgan fingerprint density at radius 2 is 1.60 bits per heavy atom. The molecular formula is C7H7O2Sn. The van der Waals surface area contributed by atoms with Crippen molar-refractivity contribution in [2.45, 2.75) is 4.94 Å². The molecular weight excluding hydrogens is 235 g/mol. The maximum absolute atomic E-state index is 5.48. The molecule has 1 aliphatic heterocycles. The molecule has 1 aromatic carbocycles. The van der Waals surface area contributed by atoms with E-state index in [0.29, 0.717) is 0 Å². The van der Waals surface area contributed by atoms with Gasteiger partial charge < -0.3 is 0 Å². The second-order valence-corrected chi connectivity index (χ2v) is 6.11. The molecule has 0 bridgehead atoms. The first-order valence-electron chi connectivity index (χ1n) is 3.14. The van der Waals surface area contributed by atoms with Crippen LogP contribution in [0.5, 0.6) is 11.5 Å². The Hall–Kier alpha value is -0.381. The van der Waals surface area contributed by atoms with Crippen molar-refractivity contribution in [3.8, 4) is 11.5 Å². The summed E-state index contributed by atoms with van der Waals surface area (Å²) in [5.74, 6) is 1.86. The predicted molar refractivity (Wildman–Crippen MR) is 39.3 cm³/mol. The molecule has 0 saturated carbocycles. The summed E-state index contributed by atoms with van der Waals surface area (Å²) >= 11 is -1.84. The van der Waals surface area contributed by atoms with Crippen molar-refractivity contribution in [1.82, 2.24) is 0 Å². The van der Waals surface area contributed by atoms with Crippen molar-refractivity contribution in [3.63, 3.8) is 0 Å². The predicted octanol–water partition coefficient (Wildman–Crippen LogP) is 1.58. The number of rotatable bonds is 0. The van der Waals surface area contributed by atoms with E-state index in [2.05, 4.69) is 4.94 Å². The number of hydrogen-bond donors (Lipinski definition) is 0. The molecule has 0 aromatic heterocycles. The van der Waals surface area contributed by atoms with Gasteiger partial charge in [0.05, 0.1) is 0 Å². The second-order valence-electron chi connectivity index (χ2n) is 2.14. The van der Waals surface area contributed by atoms with E-state index in [1.165, 1.54) is 0 Å². The van der Waals surface area contributed by atoms with Crippen molar-refractivity contribution < 1.29 is 6.15 Å². The fraction of sp³-hybridized carbons (Fsp3) is 0.143. The first-order valence-corrected chi connectivity index (χ1v) is 8.33. The molecule has 10 heavy (non-hydrogen) atoms. The van der Waals surface area contributed by atoms with Gasteiger partial charge in [0, 0.05) is 0 Å². The fourth-order valence-electron chi connectivity index (χ4n) is 0.949. The molecule has 0 spiro atoms. The molecule has 1 aliphatic rings. The maximum atomic E-state index is 5.48. The third-order valence-corrected chi connectivity index (χ3v) is 4.25. The Labute approximate surface area is 67.6 Å². The van der Waals surface area contributed by atoms with Gasteiger partial charge in [-0.25, -0.2) is 0 Å². The van der Waals surface area contributed by atoms with Crippen LogP contribution in [0.4, 0.5) is 0 Å². The molecule has 1 radical (unpaired) electrons. The summed E-state index contributed by atoms with van der Waals surface area (Å²) in [7, 11) is 0. The van der Waals surface area contributed by atoms with Crippen LogP contribution in [0.2, 0.25) is 4.94 Å². The summed E-state index contributed by atoms with van der Waals surface area (Å²) < 4.78 is 11.0. The summed E-state index contributed by atoms with van der Waals surface area (Å²) in [5.41, 5.74) is 0. The Morgan fingerprint density at radius 3 is 2.10 bits per heavy atom. The van der Waals surface area contributed by atoms with E-state index < -0.39 is 20.6 Å². The van der Waals surface area contributed by atoms with Crippen LogP contribution in [-0.2, 0) is 0 Å². The minimum atomic E-state index is -1.84. The number of benzene rings is 1. The van der Waals surface area contributed by atoms with Crippen molar-refractivity contribution in [3.05, 3.63) is 24.3 Å². The fourth-order valence-corrected chi connectivity index (χ4v) is 3.80. The molecule has 0 saturated heterocycles. The second kappa shape index (κ2) is 2.34. The molecule has 3 heteroatoms. The van der Waals surface area contributed by atoms with Gasteiger partial charge in [-0.15, -0.1) is 0 Å². The van der Waals surface area contributed by atoms with Crippen LogP contribution in [0.3, 0.4) is 0 Å². The third-order valence-electron chi connectivity index (χ3n) is 1.36. The number of hydrogen-bond acceptors (Lipinski definition) is 2. The van der Waals surface area contributed by atoms with Gasteiger partial charge >= 0.3 is 67.4 Å². The Morgan fingerprint density at radius 1 is 1.10 bits per heavy atom. The molecule has 2 nitrogen and oxygen atoms in total. The van der Waals surface area contributed by atoms with E-state index in [0.717, 1.165) is 11.5 Å². The first-order chi connectivity index (χ1) is 4.86. The van der Waals surface area contributed by atoms with Gasteiger partial charge in [0.2, 0.25) is 0 Å². The van der Waals surface area contributed by atoms with Crippen LogP contribution in [0.1, 0.15) is 0 Å². The Bertz CT molecular complexity index is 224. The minimum absolute atomic E-state index is 0.930. The van der Waals surface area contributed by atoms with Crippen LogP contribution in [0.15, 0.2) is 24.3 Å². The molecule has 0 unspecified atom stereocenters. The monoisotopic (exact) mass is 243 g/mol. The van der Waals surface area contributed by atoms with E-state index in [1.54, 1.807) is 0 Å². The van der Waals surface area contributed by atoms with Crippen molar-refractivity contribution in [2.75, 3.05) is 0 Å². The quantitative estimate of drug-likeness (QED) is 0.643. The van der Waals surface area contributed by atoms with Crippen LogP contribution in [0.25, 0.3) is 0 Å². The van der Waals surface area contributed by atoms with E-state index in [-0.39, 0.29) is 0 Å². The Kier molecular flexibility index (Phi) is 1.48. The zero-order valence-corrected chi connectivity index (χ0v) is 8.48. The van der Waals surface area contributed by atoms with Crippen LogP contribution < -0.4 is 6.15 Å². The van der Waals surface area contributed by atoms with Gasteiger partial charge in [-0.2, -0.15) is 0 Å². The average Bonchev–Trinajstić information content (AvgIpc) is 2.27. The van der Waals surface area contributed by atoms with Crippen LogP contribution >= 0.6 is 0 Å². The van der Waals surface area contributed by atoms with Crippen LogP contribution in [-0.4, -0.2) is 20.6 Å². The summed E-state index contributed by atoms with van der Waals surface area (Å²) in [6, 6.07) is 7.83. The zero-order chi connectivity index (χ0) is 6.97. The van der Waals surface area contributed by atoms with Gasteiger partial charge in [0.25, 0.3) is 0 Å². The van der Waals surface area contributed by atoms with E-state index in [1.807, 2.05) is 24.3 Å². The standard InChI is InChI=1S/C6H6O2.CH3.Sn/c7-5-3-1-2-4-6(5)8;;/h1-4,7-8H;1H3;/q;;+2/p-2. The van der Waals surface area contributed by atoms with E-state index in [4.69, 9.17) is 6.15 Å². The van der Waals surface area contributed by atoms with Crippen molar-refractivity contribution in [1.29, 1.82) is 0 Å². The number of para-hydroxylation sites is 2. The first kappa shape index (κ1) is 6.34. The van der Waals surface area contributed by atoms with Gasteiger partial charge in [-0.3, -0.25) is 0 Å². The topological polar surface area (TPSA) is 18.5 Å². The molecule has 51 valence electrons. The number of fused-ring (bicyclic) bond motifs is 1. The molecule has 0 aliphatic carbocycles. The summed E-state index contributed by atoms with van der Waals surface area (Å²) in [4.78, 5) is 2.07. The van der Waals surface area contributed by atoms with Crippen molar-refractivity contribution in [2.24, 2.45) is 0 Å². The molecule has 2 rings (SSSR count). The SMILES string of the molecule is [CH3][Sn]1[O]c2ccccc2[O]1. The third kappa shape index (κ3) is 0.963. The van der Waals surface area contributed by atoms with Gasteiger partial charge in [0.15, 0.2) is 0 Å². The molecule has 0 atom stereocenters. The summed E-state index contributed by atoms with van der Waals surface area (Å²) in [6.45, 7) is 0. The van der Waals surface area contributed by atoms with Gasteiger partial charge in [-0.1, -0.05) is 0 Å². The summed E-state index contributed by atoms with van der Waals surface area (Å²) in [6.07, 6.45) is 0. The van der Waals surface area contributed by atoms with Gasteiger partial charge in [-0.05, 0) is 0 Å². The van der Waals surface area contributed by atoms with Gasteiger partial charge in [0.1, 0.15) is 0 Å².